The van der Waals surface area contributed by atoms with Crippen LogP contribution in [0.3, 0.4) is 0 Å². The number of para-hydroxylation sites is 1. The van der Waals surface area contributed by atoms with Crippen LogP contribution in [0.5, 0.6) is 11.5 Å². The average molecular weight is 473 g/mol. The van der Waals surface area contributed by atoms with Gasteiger partial charge in [-0.15, -0.1) is 0 Å². The van der Waals surface area contributed by atoms with Crippen LogP contribution in [0.1, 0.15) is 47.1 Å². The minimum atomic E-state index is -0.626. The Kier molecular flexibility index (Phi) is 6.98. The molecule has 0 radical (unpaired) electrons. The third kappa shape index (κ3) is 4.88. The van der Waals surface area contributed by atoms with Crippen LogP contribution in [-0.4, -0.2) is 26.3 Å². The molecular weight excluding hydrogens is 443 g/mol. The van der Waals surface area contributed by atoms with E-state index < -0.39 is 5.60 Å². The molecule has 0 aliphatic carbocycles. The van der Waals surface area contributed by atoms with Crippen molar-refractivity contribution in [1.29, 1.82) is 5.26 Å². The van der Waals surface area contributed by atoms with Crippen LogP contribution in [0.2, 0.25) is 0 Å². The van der Waals surface area contributed by atoms with Crippen LogP contribution >= 0.6 is 0 Å². The molecule has 0 saturated carbocycles. The van der Waals surface area contributed by atoms with E-state index in [2.05, 4.69) is 17.5 Å². The molecule has 3 aromatic rings. The molecule has 3 aromatic carbocycles. The monoisotopic (exact) mass is 472 g/mol. The van der Waals surface area contributed by atoms with E-state index in [-0.39, 0.29) is 5.82 Å². The molecule has 6 heteroatoms. The maximum atomic E-state index is 13.6. The number of hydrogen-bond acceptors (Lipinski definition) is 5. The van der Waals surface area contributed by atoms with E-state index in [1.165, 1.54) is 17.7 Å². The van der Waals surface area contributed by atoms with Crippen molar-refractivity contribution in [2.75, 3.05) is 26.3 Å². The Morgan fingerprint density at radius 1 is 0.971 bits per heavy atom. The van der Waals surface area contributed by atoms with Crippen molar-refractivity contribution >= 4 is 0 Å². The second kappa shape index (κ2) is 10.5. The van der Waals surface area contributed by atoms with Gasteiger partial charge < -0.3 is 19.5 Å². The van der Waals surface area contributed by atoms with Crippen LogP contribution in [0.15, 0.2) is 60.7 Å². The fourth-order valence-electron chi connectivity index (χ4n) is 5.09. The van der Waals surface area contributed by atoms with Crippen LogP contribution in [0, 0.1) is 17.1 Å². The molecule has 1 atom stereocenters. The second-order valence-corrected chi connectivity index (χ2v) is 9.00. The van der Waals surface area contributed by atoms with Gasteiger partial charge in [0.15, 0.2) is 11.5 Å². The van der Waals surface area contributed by atoms with Gasteiger partial charge in [0.2, 0.25) is 0 Å². The SMILES string of the molecule is N#Cc1ccc2c(c1)COC2(CCCNCCCc1cccc2c1OCCO2)c1ccc(F)cc1. The Morgan fingerprint density at radius 2 is 1.80 bits per heavy atom. The minimum absolute atomic E-state index is 0.264. The molecule has 0 spiro atoms. The molecular formula is C29H29FN2O3. The van der Waals surface area contributed by atoms with Crippen molar-refractivity contribution in [3.8, 4) is 17.6 Å². The van der Waals surface area contributed by atoms with Crippen LogP contribution in [0.25, 0.3) is 0 Å². The van der Waals surface area contributed by atoms with Crippen molar-refractivity contribution < 1.29 is 18.6 Å². The van der Waals surface area contributed by atoms with Crippen molar-refractivity contribution in [3.63, 3.8) is 0 Å². The quantitative estimate of drug-likeness (QED) is 0.431. The van der Waals surface area contributed by atoms with Gasteiger partial charge in [0.05, 0.1) is 18.2 Å². The summed E-state index contributed by atoms with van der Waals surface area (Å²) in [6.07, 6.45) is 3.59. The largest absolute Gasteiger partial charge is 0.486 e. The maximum absolute atomic E-state index is 13.6. The molecule has 2 heterocycles. The smallest absolute Gasteiger partial charge is 0.164 e. The summed E-state index contributed by atoms with van der Waals surface area (Å²) >= 11 is 0. The summed E-state index contributed by atoms with van der Waals surface area (Å²) in [4.78, 5) is 0. The molecule has 2 aliphatic heterocycles. The zero-order valence-electron chi connectivity index (χ0n) is 19.7. The normalized spacial score (nSPS) is 18.2. The number of benzene rings is 3. The van der Waals surface area contributed by atoms with Crippen molar-refractivity contribution in [2.24, 2.45) is 0 Å². The Hall–Kier alpha value is -3.40. The topological polar surface area (TPSA) is 63.5 Å². The molecule has 0 bridgehead atoms. The van der Waals surface area contributed by atoms with Gasteiger partial charge in [0.25, 0.3) is 0 Å². The molecule has 5 rings (SSSR count). The summed E-state index contributed by atoms with van der Waals surface area (Å²) in [5, 5.41) is 12.8. The zero-order valence-corrected chi connectivity index (χ0v) is 19.7. The van der Waals surface area contributed by atoms with Gasteiger partial charge in [-0.3, -0.25) is 0 Å². The average Bonchev–Trinajstić information content (AvgIpc) is 3.27. The number of fused-ring (bicyclic) bond motifs is 2. The first-order chi connectivity index (χ1) is 17.2. The lowest BCUT2D eigenvalue weighted by Crippen LogP contribution is -2.29. The third-order valence-electron chi connectivity index (χ3n) is 6.78. The lowest BCUT2D eigenvalue weighted by atomic mass is 9.81. The van der Waals surface area contributed by atoms with E-state index in [0.29, 0.717) is 25.4 Å². The predicted molar refractivity (Wildman–Crippen MR) is 131 cm³/mol. The molecule has 0 fully saturated rings. The highest BCUT2D eigenvalue weighted by Gasteiger charge is 2.41. The summed E-state index contributed by atoms with van der Waals surface area (Å²) in [6, 6.07) is 20.6. The van der Waals surface area contributed by atoms with E-state index in [9.17, 15) is 9.65 Å². The Balaban J connectivity index is 1.18. The van der Waals surface area contributed by atoms with E-state index in [1.807, 2.05) is 42.5 Å². The highest BCUT2D eigenvalue weighted by Crippen LogP contribution is 2.45. The van der Waals surface area contributed by atoms with Crippen molar-refractivity contribution in [1.82, 2.24) is 5.32 Å². The number of halogens is 1. The molecule has 0 saturated heterocycles. The van der Waals surface area contributed by atoms with E-state index in [4.69, 9.17) is 14.2 Å². The standard InChI is InChI=1S/C29H29FN2O3/c30-25-10-8-24(9-11-25)29(26-12-7-21(19-31)18-23(26)20-35-29)13-3-15-32-14-2-5-22-4-1-6-27-28(22)34-17-16-33-27/h1,4,6-12,18,32H,2-3,5,13-17,20H2. The number of nitriles is 1. The van der Waals surface area contributed by atoms with Gasteiger partial charge in [-0.05, 0) is 91.4 Å². The molecule has 1 N–H and O–H groups in total. The Labute approximate surface area is 205 Å². The summed E-state index contributed by atoms with van der Waals surface area (Å²) in [7, 11) is 0. The number of rotatable bonds is 9. The van der Waals surface area contributed by atoms with Crippen molar-refractivity contribution in [3.05, 3.63) is 94.3 Å². The predicted octanol–water partition coefficient (Wildman–Crippen LogP) is 5.24. The first-order valence-corrected chi connectivity index (χ1v) is 12.2. The summed E-state index contributed by atoms with van der Waals surface area (Å²) in [5.41, 5.74) is 4.22. The molecule has 2 aliphatic rings. The summed E-state index contributed by atoms with van der Waals surface area (Å²) < 4.78 is 31.5. The molecule has 35 heavy (non-hydrogen) atoms. The van der Waals surface area contributed by atoms with E-state index in [1.54, 1.807) is 0 Å². The van der Waals surface area contributed by atoms with Gasteiger partial charge in [0.1, 0.15) is 24.6 Å². The zero-order chi connectivity index (χ0) is 24.1. The first-order valence-electron chi connectivity index (χ1n) is 12.2. The number of aryl methyl sites for hydroxylation is 1. The minimum Gasteiger partial charge on any atom is -0.486 e. The van der Waals surface area contributed by atoms with Crippen LogP contribution < -0.4 is 14.8 Å². The first kappa shape index (κ1) is 23.3. The van der Waals surface area contributed by atoms with E-state index in [0.717, 1.165) is 67.0 Å². The van der Waals surface area contributed by atoms with Gasteiger partial charge in [-0.25, -0.2) is 4.39 Å². The fraction of sp³-hybridized carbons (Fsp3) is 0.345. The van der Waals surface area contributed by atoms with Crippen LogP contribution in [0.4, 0.5) is 4.39 Å². The van der Waals surface area contributed by atoms with Gasteiger partial charge in [-0.1, -0.05) is 30.3 Å². The molecule has 0 amide bonds. The number of ether oxygens (including phenoxy) is 3. The van der Waals surface area contributed by atoms with Crippen LogP contribution in [-0.2, 0) is 23.4 Å². The number of hydrogen-bond donors (Lipinski definition) is 1. The van der Waals surface area contributed by atoms with Crippen molar-refractivity contribution in [2.45, 2.75) is 37.9 Å². The lowest BCUT2D eigenvalue weighted by Gasteiger charge is -2.30. The van der Waals surface area contributed by atoms with Gasteiger partial charge in [-0.2, -0.15) is 5.26 Å². The second-order valence-electron chi connectivity index (χ2n) is 9.00. The highest BCUT2D eigenvalue weighted by atomic mass is 19.1. The number of nitrogens with zero attached hydrogens (tertiary/aromatic N) is 1. The Morgan fingerprint density at radius 3 is 2.66 bits per heavy atom. The Bertz CT molecular complexity index is 1220. The maximum Gasteiger partial charge on any atom is 0.164 e. The third-order valence-corrected chi connectivity index (χ3v) is 6.78. The highest BCUT2D eigenvalue weighted by molar-refractivity contribution is 5.48. The lowest BCUT2D eigenvalue weighted by molar-refractivity contribution is -0.0129. The molecule has 1 unspecified atom stereocenters. The molecule has 180 valence electrons. The van der Waals surface area contributed by atoms with Gasteiger partial charge in [0, 0.05) is 0 Å². The molecule has 0 aromatic heterocycles. The van der Waals surface area contributed by atoms with Gasteiger partial charge >= 0.3 is 0 Å². The summed E-state index contributed by atoms with van der Waals surface area (Å²) in [6.45, 7) is 3.40. The molecule has 5 nitrogen and oxygen atoms in total. The number of nitrogens with one attached hydrogen (secondary N) is 1. The van der Waals surface area contributed by atoms with E-state index >= 15 is 0 Å². The summed E-state index contributed by atoms with van der Waals surface area (Å²) in [5.74, 6) is 1.46. The fourth-order valence-corrected chi connectivity index (χ4v) is 5.09.